The van der Waals surface area contributed by atoms with Crippen molar-refractivity contribution in [3.05, 3.63) is 22.4 Å². The molecule has 0 spiro atoms. The molecule has 6 heteroatoms. The first kappa shape index (κ1) is 14.8. The maximum Gasteiger partial charge on any atom is 0.326 e. The van der Waals surface area contributed by atoms with Crippen molar-refractivity contribution in [1.82, 2.24) is 10.2 Å². The summed E-state index contributed by atoms with van der Waals surface area (Å²) in [5, 5.41) is 14.1. The van der Waals surface area contributed by atoms with Crippen molar-refractivity contribution in [3.8, 4) is 0 Å². The number of piperidine rings is 1. The highest BCUT2D eigenvalue weighted by Crippen LogP contribution is 2.22. The largest absolute Gasteiger partial charge is 0.480 e. The molecule has 2 N–H and O–H groups in total. The molecule has 0 radical (unpaired) electrons. The summed E-state index contributed by atoms with van der Waals surface area (Å²) in [7, 11) is 0. The zero-order chi connectivity index (χ0) is 14.5. The summed E-state index contributed by atoms with van der Waals surface area (Å²) in [6.07, 6.45) is 2.18. The molecule has 2 heterocycles. The Balaban J connectivity index is 1.85. The van der Waals surface area contributed by atoms with Crippen LogP contribution in [0.15, 0.2) is 17.5 Å². The van der Waals surface area contributed by atoms with E-state index in [1.165, 1.54) is 9.78 Å². The van der Waals surface area contributed by atoms with Gasteiger partial charge in [-0.1, -0.05) is 13.0 Å². The number of rotatable bonds is 4. The fourth-order valence-corrected chi connectivity index (χ4v) is 3.18. The molecule has 0 aliphatic carbocycles. The molecule has 5 nitrogen and oxygen atoms in total. The lowest BCUT2D eigenvalue weighted by molar-refractivity contribution is -0.143. The van der Waals surface area contributed by atoms with E-state index in [1.54, 1.807) is 11.3 Å². The summed E-state index contributed by atoms with van der Waals surface area (Å²) < 4.78 is 0. The third kappa shape index (κ3) is 3.72. The highest BCUT2D eigenvalue weighted by Gasteiger charge is 2.34. The van der Waals surface area contributed by atoms with Crippen LogP contribution in [0.25, 0.3) is 0 Å². The first-order valence-corrected chi connectivity index (χ1v) is 7.75. The Bertz CT molecular complexity index is 461. The molecule has 1 aromatic rings. The number of carboxylic acids is 1. The van der Waals surface area contributed by atoms with Gasteiger partial charge >= 0.3 is 12.0 Å². The second kappa shape index (κ2) is 6.74. The topological polar surface area (TPSA) is 69.6 Å². The molecule has 20 heavy (non-hydrogen) atoms. The van der Waals surface area contributed by atoms with E-state index in [-0.39, 0.29) is 6.03 Å². The van der Waals surface area contributed by atoms with Crippen LogP contribution in [0.3, 0.4) is 0 Å². The standard InChI is InChI=1S/C14H20N2O3S/c1-10-5-7-16(12(9-10)13(17)18)14(19)15-6-4-11-3-2-8-20-11/h2-3,8,10,12H,4-7,9H2,1H3,(H,15,19)(H,17,18). The van der Waals surface area contributed by atoms with Crippen LogP contribution in [0.2, 0.25) is 0 Å². The van der Waals surface area contributed by atoms with Gasteiger partial charge in [0.05, 0.1) is 0 Å². The van der Waals surface area contributed by atoms with Crippen LogP contribution < -0.4 is 5.32 Å². The fourth-order valence-electron chi connectivity index (χ4n) is 2.47. The van der Waals surface area contributed by atoms with E-state index in [4.69, 9.17) is 0 Å². The van der Waals surface area contributed by atoms with Crippen molar-refractivity contribution in [2.75, 3.05) is 13.1 Å². The van der Waals surface area contributed by atoms with Gasteiger partial charge in [0.15, 0.2) is 0 Å². The summed E-state index contributed by atoms with van der Waals surface area (Å²) in [6, 6.07) is 3.05. The average Bonchev–Trinajstić information content (AvgIpc) is 2.91. The van der Waals surface area contributed by atoms with Crippen molar-refractivity contribution >= 4 is 23.3 Å². The smallest absolute Gasteiger partial charge is 0.326 e. The van der Waals surface area contributed by atoms with E-state index in [2.05, 4.69) is 5.32 Å². The van der Waals surface area contributed by atoms with E-state index < -0.39 is 12.0 Å². The van der Waals surface area contributed by atoms with Crippen LogP contribution in [-0.4, -0.2) is 41.1 Å². The zero-order valence-corrected chi connectivity index (χ0v) is 12.4. The molecule has 0 saturated carbocycles. The zero-order valence-electron chi connectivity index (χ0n) is 11.5. The van der Waals surface area contributed by atoms with E-state index in [0.29, 0.717) is 25.4 Å². The lowest BCUT2D eigenvalue weighted by Gasteiger charge is -2.35. The SMILES string of the molecule is CC1CCN(C(=O)NCCc2cccs2)C(C(=O)O)C1. The quantitative estimate of drug-likeness (QED) is 0.894. The van der Waals surface area contributed by atoms with Crippen LogP contribution in [0.4, 0.5) is 4.79 Å². The number of carboxylic acid groups (broad SMARTS) is 1. The number of amides is 2. The first-order valence-electron chi connectivity index (χ1n) is 6.87. The Kier molecular flexibility index (Phi) is 5.00. The van der Waals surface area contributed by atoms with Gasteiger partial charge in [-0.2, -0.15) is 0 Å². The molecule has 1 saturated heterocycles. The van der Waals surface area contributed by atoms with E-state index >= 15 is 0 Å². The van der Waals surface area contributed by atoms with Crippen LogP contribution >= 0.6 is 11.3 Å². The summed E-state index contributed by atoms with van der Waals surface area (Å²) in [5.41, 5.74) is 0. The Morgan fingerprint density at radius 2 is 2.35 bits per heavy atom. The first-order chi connectivity index (χ1) is 9.58. The van der Waals surface area contributed by atoms with Crippen molar-refractivity contribution in [3.63, 3.8) is 0 Å². The van der Waals surface area contributed by atoms with E-state index in [0.717, 1.165) is 12.8 Å². The van der Waals surface area contributed by atoms with Crippen LogP contribution in [-0.2, 0) is 11.2 Å². The monoisotopic (exact) mass is 296 g/mol. The molecule has 0 bridgehead atoms. The van der Waals surface area contributed by atoms with Crippen molar-refractivity contribution in [2.24, 2.45) is 5.92 Å². The number of thiophene rings is 1. The second-order valence-electron chi connectivity index (χ2n) is 5.24. The Morgan fingerprint density at radius 1 is 1.55 bits per heavy atom. The van der Waals surface area contributed by atoms with Crippen molar-refractivity contribution in [2.45, 2.75) is 32.2 Å². The molecule has 110 valence electrons. The predicted molar refractivity (Wildman–Crippen MR) is 77.9 cm³/mol. The summed E-state index contributed by atoms with van der Waals surface area (Å²) in [4.78, 5) is 26.0. The normalized spacial score (nSPS) is 22.6. The number of nitrogens with zero attached hydrogens (tertiary/aromatic N) is 1. The maximum atomic E-state index is 12.1. The third-order valence-corrected chi connectivity index (χ3v) is 4.57. The van der Waals surface area contributed by atoms with Gasteiger partial charge in [0, 0.05) is 18.0 Å². The number of carbonyl (C=O) groups excluding carboxylic acids is 1. The average molecular weight is 296 g/mol. The van der Waals surface area contributed by atoms with E-state index in [9.17, 15) is 14.7 Å². The van der Waals surface area contributed by atoms with E-state index in [1.807, 2.05) is 24.4 Å². The minimum atomic E-state index is -0.912. The lowest BCUT2D eigenvalue weighted by atomic mass is 9.93. The fraction of sp³-hybridized carbons (Fsp3) is 0.571. The van der Waals surface area contributed by atoms with Gasteiger partial charge in [0.1, 0.15) is 6.04 Å². The molecule has 2 amide bonds. The molecule has 2 atom stereocenters. The van der Waals surface area contributed by atoms with Gasteiger partial charge in [-0.3, -0.25) is 0 Å². The Morgan fingerprint density at radius 3 is 3.00 bits per heavy atom. The van der Waals surface area contributed by atoms with Crippen molar-refractivity contribution in [1.29, 1.82) is 0 Å². The van der Waals surface area contributed by atoms with Gasteiger partial charge in [0.25, 0.3) is 0 Å². The highest BCUT2D eigenvalue weighted by atomic mass is 32.1. The number of carbonyl (C=O) groups is 2. The Hall–Kier alpha value is -1.56. The van der Waals surface area contributed by atoms with Gasteiger partial charge in [-0.25, -0.2) is 9.59 Å². The molecule has 1 aliphatic heterocycles. The lowest BCUT2D eigenvalue weighted by Crippen LogP contribution is -2.53. The Labute approximate surface area is 122 Å². The molecule has 1 aliphatic rings. The molecular formula is C14H20N2O3S. The molecule has 0 aromatic carbocycles. The summed E-state index contributed by atoms with van der Waals surface area (Å²) >= 11 is 1.66. The molecule has 1 fully saturated rings. The second-order valence-corrected chi connectivity index (χ2v) is 6.27. The van der Waals surface area contributed by atoms with Crippen molar-refractivity contribution < 1.29 is 14.7 Å². The van der Waals surface area contributed by atoms with Crippen LogP contribution in [0.1, 0.15) is 24.6 Å². The minimum absolute atomic E-state index is 0.263. The van der Waals surface area contributed by atoms with Gasteiger partial charge in [0.2, 0.25) is 0 Å². The van der Waals surface area contributed by atoms with Crippen LogP contribution in [0.5, 0.6) is 0 Å². The van der Waals surface area contributed by atoms with Gasteiger partial charge in [-0.15, -0.1) is 11.3 Å². The van der Waals surface area contributed by atoms with Crippen LogP contribution in [0, 0.1) is 5.92 Å². The summed E-state index contributed by atoms with van der Waals surface area (Å²) in [5.74, 6) is -0.559. The predicted octanol–water partition coefficient (Wildman–Crippen LogP) is 2.19. The molecular weight excluding hydrogens is 276 g/mol. The number of hydrogen-bond donors (Lipinski definition) is 2. The van der Waals surface area contributed by atoms with Gasteiger partial charge < -0.3 is 15.3 Å². The number of aliphatic carboxylic acids is 1. The molecule has 2 rings (SSSR count). The number of nitrogens with one attached hydrogen (secondary N) is 1. The number of likely N-dealkylation sites (tertiary alicyclic amines) is 1. The highest BCUT2D eigenvalue weighted by molar-refractivity contribution is 7.09. The summed E-state index contributed by atoms with van der Waals surface area (Å²) in [6.45, 7) is 3.09. The maximum absolute atomic E-state index is 12.1. The minimum Gasteiger partial charge on any atom is -0.480 e. The number of urea groups is 1. The molecule has 2 unspecified atom stereocenters. The molecule has 1 aromatic heterocycles. The third-order valence-electron chi connectivity index (χ3n) is 3.64. The van der Waals surface area contributed by atoms with Gasteiger partial charge in [-0.05, 0) is 36.6 Å². The number of hydrogen-bond acceptors (Lipinski definition) is 3.